The lowest BCUT2D eigenvalue weighted by molar-refractivity contribution is 0.296. The molecular formula is C12H15FO. The van der Waals surface area contributed by atoms with Gasteiger partial charge in [0.15, 0.2) is 11.6 Å². The van der Waals surface area contributed by atoms with Crippen LogP contribution in [0.1, 0.15) is 18.4 Å². The largest absolute Gasteiger partial charge is 0.490 e. The van der Waals surface area contributed by atoms with Crippen LogP contribution in [0.25, 0.3) is 0 Å². The van der Waals surface area contributed by atoms with E-state index < -0.39 is 0 Å². The third-order valence-corrected chi connectivity index (χ3v) is 1.90. The van der Waals surface area contributed by atoms with Crippen LogP contribution < -0.4 is 4.74 Å². The molecule has 0 amide bonds. The van der Waals surface area contributed by atoms with Crippen molar-refractivity contribution in [2.24, 2.45) is 0 Å². The fourth-order valence-electron chi connectivity index (χ4n) is 1.13. The molecule has 0 heterocycles. The van der Waals surface area contributed by atoms with E-state index in [4.69, 9.17) is 4.74 Å². The van der Waals surface area contributed by atoms with Crippen LogP contribution in [0, 0.1) is 12.7 Å². The summed E-state index contributed by atoms with van der Waals surface area (Å²) in [5, 5.41) is 0. The molecule has 0 bridgehead atoms. The zero-order valence-corrected chi connectivity index (χ0v) is 8.42. The van der Waals surface area contributed by atoms with E-state index in [0.29, 0.717) is 12.4 Å². The van der Waals surface area contributed by atoms with Crippen LogP contribution in [-0.4, -0.2) is 6.61 Å². The first-order valence-corrected chi connectivity index (χ1v) is 4.74. The second kappa shape index (κ2) is 5.43. The van der Waals surface area contributed by atoms with Crippen molar-refractivity contribution in [2.75, 3.05) is 6.61 Å². The molecule has 0 N–H and O–H groups in total. The summed E-state index contributed by atoms with van der Waals surface area (Å²) < 4.78 is 18.4. The predicted molar refractivity (Wildman–Crippen MR) is 56.1 cm³/mol. The summed E-state index contributed by atoms with van der Waals surface area (Å²) in [5.41, 5.74) is 1.00. The molecule has 0 saturated carbocycles. The average Bonchev–Trinajstić information content (AvgIpc) is 2.18. The van der Waals surface area contributed by atoms with E-state index in [9.17, 15) is 4.39 Å². The summed E-state index contributed by atoms with van der Waals surface area (Å²) in [4.78, 5) is 0. The molecule has 1 aromatic carbocycles. The van der Waals surface area contributed by atoms with E-state index in [1.165, 1.54) is 6.07 Å². The number of hydrogen-bond acceptors (Lipinski definition) is 1. The second-order valence-corrected chi connectivity index (χ2v) is 3.21. The maximum absolute atomic E-state index is 13.1. The van der Waals surface area contributed by atoms with Gasteiger partial charge in [-0.2, -0.15) is 0 Å². The maximum Gasteiger partial charge on any atom is 0.165 e. The van der Waals surface area contributed by atoms with E-state index in [2.05, 4.69) is 6.58 Å². The van der Waals surface area contributed by atoms with Gasteiger partial charge in [-0.15, -0.1) is 6.58 Å². The molecule has 0 aliphatic rings. The Balaban J connectivity index is 2.49. The van der Waals surface area contributed by atoms with Gasteiger partial charge in [0.25, 0.3) is 0 Å². The smallest absolute Gasteiger partial charge is 0.165 e. The van der Waals surface area contributed by atoms with Gasteiger partial charge in [0.2, 0.25) is 0 Å². The Bertz CT molecular complexity index is 307. The predicted octanol–water partition coefficient (Wildman–Crippen LogP) is 3.48. The van der Waals surface area contributed by atoms with Crippen molar-refractivity contribution in [2.45, 2.75) is 19.8 Å². The van der Waals surface area contributed by atoms with Crippen molar-refractivity contribution in [1.29, 1.82) is 0 Å². The van der Waals surface area contributed by atoms with Gasteiger partial charge in [-0.1, -0.05) is 12.1 Å². The first-order chi connectivity index (χ1) is 6.74. The zero-order chi connectivity index (χ0) is 10.4. The lowest BCUT2D eigenvalue weighted by Gasteiger charge is -2.06. The molecule has 1 aromatic rings. The van der Waals surface area contributed by atoms with Gasteiger partial charge in [0, 0.05) is 0 Å². The molecular weight excluding hydrogens is 179 g/mol. The molecule has 0 saturated heterocycles. The fraction of sp³-hybridized carbons (Fsp3) is 0.333. The molecule has 14 heavy (non-hydrogen) atoms. The number of benzene rings is 1. The normalized spacial score (nSPS) is 9.86. The van der Waals surface area contributed by atoms with Gasteiger partial charge in [0.05, 0.1) is 6.61 Å². The van der Waals surface area contributed by atoms with Gasteiger partial charge in [-0.25, -0.2) is 4.39 Å². The fourth-order valence-corrected chi connectivity index (χ4v) is 1.13. The van der Waals surface area contributed by atoms with Gasteiger partial charge in [-0.3, -0.25) is 0 Å². The van der Waals surface area contributed by atoms with Crippen LogP contribution >= 0.6 is 0 Å². The monoisotopic (exact) mass is 194 g/mol. The first kappa shape index (κ1) is 10.8. The quantitative estimate of drug-likeness (QED) is 0.515. The Morgan fingerprint density at radius 3 is 3.00 bits per heavy atom. The standard InChI is InChI=1S/C12H15FO/c1-3-4-5-8-14-12-9-10(2)6-7-11(12)13/h3,6-7,9H,1,4-5,8H2,2H3. The molecule has 0 aliphatic carbocycles. The minimum Gasteiger partial charge on any atom is -0.490 e. The van der Waals surface area contributed by atoms with Crippen LogP contribution in [-0.2, 0) is 0 Å². The number of unbranched alkanes of at least 4 members (excludes halogenated alkanes) is 1. The van der Waals surface area contributed by atoms with Gasteiger partial charge < -0.3 is 4.74 Å². The Morgan fingerprint density at radius 1 is 1.50 bits per heavy atom. The van der Waals surface area contributed by atoms with Crippen LogP contribution in [0.4, 0.5) is 4.39 Å². The van der Waals surface area contributed by atoms with E-state index in [1.54, 1.807) is 12.1 Å². The maximum atomic E-state index is 13.1. The van der Waals surface area contributed by atoms with Gasteiger partial charge in [0.1, 0.15) is 0 Å². The van der Waals surface area contributed by atoms with Crippen molar-refractivity contribution in [1.82, 2.24) is 0 Å². The summed E-state index contributed by atoms with van der Waals surface area (Å²) in [7, 11) is 0. The Morgan fingerprint density at radius 2 is 2.29 bits per heavy atom. The van der Waals surface area contributed by atoms with E-state index in [1.807, 2.05) is 13.0 Å². The third-order valence-electron chi connectivity index (χ3n) is 1.90. The van der Waals surface area contributed by atoms with Crippen molar-refractivity contribution in [3.8, 4) is 5.75 Å². The van der Waals surface area contributed by atoms with E-state index >= 15 is 0 Å². The van der Waals surface area contributed by atoms with E-state index in [-0.39, 0.29) is 5.82 Å². The minimum absolute atomic E-state index is 0.297. The minimum atomic E-state index is -0.297. The third kappa shape index (κ3) is 3.21. The number of hydrogen-bond donors (Lipinski definition) is 0. The molecule has 0 spiro atoms. The number of halogens is 1. The summed E-state index contributed by atoms with van der Waals surface area (Å²) in [5.74, 6) is 0.0447. The molecule has 0 fully saturated rings. The van der Waals surface area contributed by atoms with Crippen LogP contribution in [0.5, 0.6) is 5.75 Å². The highest BCUT2D eigenvalue weighted by Crippen LogP contribution is 2.18. The Hall–Kier alpha value is -1.31. The molecule has 0 aromatic heterocycles. The highest BCUT2D eigenvalue weighted by atomic mass is 19.1. The first-order valence-electron chi connectivity index (χ1n) is 4.74. The molecule has 0 radical (unpaired) electrons. The lowest BCUT2D eigenvalue weighted by Crippen LogP contribution is -1.98. The summed E-state index contributed by atoms with van der Waals surface area (Å²) in [6.07, 6.45) is 3.60. The molecule has 1 nitrogen and oxygen atoms in total. The topological polar surface area (TPSA) is 9.23 Å². The molecule has 0 aliphatic heterocycles. The average molecular weight is 194 g/mol. The SMILES string of the molecule is C=CCCCOc1cc(C)ccc1F. The van der Waals surface area contributed by atoms with Gasteiger partial charge >= 0.3 is 0 Å². The Labute approximate surface area is 84.2 Å². The van der Waals surface area contributed by atoms with Crippen LogP contribution in [0.15, 0.2) is 30.9 Å². The highest BCUT2D eigenvalue weighted by Gasteiger charge is 2.02. The van der Waals surface area contributed by atoms with Crippen molar-refractivity contribution >= 4 is 0 Å². The molecule has 2 heteroatoms. The number of aryl methyl sites for hydroxylation is 1. The number of rotatable bonds is 5. The van der Waals surface area contributed by atoms with Crippen LogP contribution in [0.2, 0.25) is 0 Å². The van der Waals surface area contributed by atoms with Crippen molar-refractivity contribution in [3.05, 3.63) is 42.2 Å². The molecule has 76 valence electrons. The summed E-state index contributed by atoms with van der Waals surface area (Å²) in [6.45, 7) is 6.05. The molecule has 0 atom stereocenters. The van der Waals surface area contributed by atoms with Crippen molar-refractivity contribution < 1.29 is 9.13 Å². The highest BCUT2D eigenvalue weighted by molar-refractivity contribution is 5.29. The number of ether oxygens (including phenoxy) is 1. The molecule has 0 unspecified atom stereocenters. The molecule has 1 rings (SSSR count). The van der Waals surface area contributed by atoms with Crippen molar-refractivity contribution in [3.63, 3.8) is 0 Å². The lowest BCUT2D eigenvalue weighted by atomic mass is 10.2. The summed E-state index contributed by atoms with van der Waals surface area (Å²) >= 11 is 0. The summed E-state index contributed by atoms with van der Waals surface area (Å²) in [6, 6.07) is 4.87. The van der Waals surface area contributed by atoms with E-state index in [0.717, 1.165) is 18.4 Å². The number of allylic oxidation sites excluding steroid dienone is 1. The van der Waals surface area contributed by atoms with Gasteiger partial charge in [-0.05, 0) is 37.5 Å². The zero-order valence-electron chi connectivity index (χ0n) is 8.42. The van der Waals surface area contributed by atoms with Crippen LogP contribution in [0.3, 0.4) is 0 Å². The second-order valence-electron chi connectivity index (χ2n) is 3.21. The Kier molecular flexibility index (Phi) is 4.17.